The largest absolute Gasteiger partial charge is 0.494 e. The predicted octanol–water partition coefficient (Wildman–Crippen LogP) is 5.92. The molecule has 0 heterocycles. The molecule has 0 fully saturated rings. The van der Waals surface area contributed by atoms with Crippen molar-refractivity contribution in [2.24, 2.45) is 0 Å². The van der Waals surface area contributed by atoms with Gasteiger partial charge in [-0.3, -0.25) is 13.9 Å². The van der Waals surface area contributed by atoms with Gasteiger partial charge >= 0.3 is 0 Å². The number of carbonyl (C=O) groups excluding carboxylic acids is 2. The first-order chi connectivity index (χ1) is 19.6. The van der Waals surface area contributed by atoms with Crippen molar-refractivity contribution in [3.05, 3.63) is 88.4 Å². The molecule has 0 radical (unpaired) electrons. The van der Waals surface area contributed by atoms with Crippen LogP contribution in [-0.4, -0.2) is 50.9 Å². The summed E-state index contributed by atoms with van der Waals surface area (Å²) in [6.45, 7) is 5.79. The SMILES string of the molecule is CCCNC(=O)C(CC)N(Cc1c(Cl)cccc1Cl)C(=O)CN(c1ccc(OCC)cc1)S(=O)(=O)c1ccccc1. The van der Waals surface area contributed by atoms with Gasteiger partial charge in [0.05, 0.1) is 17.2 Å². The summed E-state index contributed by atoms with van der Waals surface area (Å²) in [5.41, 5.74) is 0.731. The summed E-state index contributed by atoms with van der Waals surface area (Å²) in [7, 11) is -4.17. The fourth-order valence-corrected chi connectivity index (χ4v) is 6.22. The van der Waals surface area contributed by atoms with Crippen molar-refractivity contribution >= 4 is 50.7 Å². The number of nitrogens with one attached hydrogen (secondary N) is 1. The Bertz CT molecular complexity index is 1400. The van der Waals surface area contributed by atoms with Gasteiger partial charge in [-0.15, -0.1) is 0 Å². The first kappa shape index (κ1) is 32.2. The van der Waals surface area contributed by atoms with Gasteiger partial charge in [0.15, 0.2) is 0 Å². The van der Waals surface area contributed by atoms with Gasteiger partial charge in [0.1, 0.15) is 18.3 Å². The number of benzene rings is 3. The fraction of sp³-hybridized carbons (Fsp3) is 0.333. The van der Waals surface area contributed by atoms with E-state index >= 15 is 0 Å². The zero-order valence-corrected chi connectivity index (χ0v) is 25.7. The number of carbonyl (C=O) groups is 2. The maximum atomic E-state index is 14.1. The quantitative estimate of drug-likeness (QED) is 0.242. The van der Waals surface area contributed by atoms with Crippen molar-refractivity contribution in [3.63, 3.8) is 0 Å². The van der Waals surface area contributed by atoms with E-state index in [0.29, 0.717) is 40.9 Å². The van der Waals surface area contributed by atoms with Crippen LogP contribution in [0, 0.1) is 0 Å². The van der Waals surface area contributed by atoms with Gasteiger partial charge in [-0.25, -0.2) is 8.42 Å². The van der Waals surface area contributed by atoms with Crippen molar-refractivity contribution < 1.29 is 22.7 Å². The Kier molecular flexibility index (Phi) is 11.9. The molecule has 0 bridgehead atoms. The average Bonchev–Trinajstić information content (AvgIpc) is 2.97. The number of hydrogen-bond acceptors (Lipinski definition) is 5. The maximum Gasteiger partial charge on any atom is 0.264 e. The lowest BCUT2D eigenvalue weighted by atomic mass is 10.1. The van der Waals surface area contributed by atoms with Crippen LogP contribution < -0.4 is 14.4 Å². The van der Waals surface area contributed by atoms with E-state index in [1.54, 1.807) is 67.6 Å². The van der Waals surface area contributed by atoms with Crippen LogP contribution in [0.15, 0.2) is 77.7 Å². The molecule has 3 aromatic rings. The minimum Gasteiger partial charge on any atom is -0.494 e. The lowest BCUT2D eigenvalue weighted by Crippen LogP contribution is -2.52. The van der Waals surface area contributed by atoms with E-state index in [0.717, 1.165) is 4.31 Å². The Morgan fingerprint density at radius 1 is 0.902 bits per heavy atom. The lowest BCUT2D eigenvalue weighted by Gasteiger charge is -2.33. The average molecular weight is 621 g/mol. The van der Waals surface area contributed by atoms with Crippen molar-refractivity contribution in [3.8, 4) is 5.75 Å². The molecule has 0 saturated carbocycles. The minimum absolute atomic E-state index is 0.0233. The van der Waals surface area contributed by atoms with E-state index in [9.17, 15) is 18.0 Å². The van der Waals surface area contributed by atoms with Gasteiger partial charge in [-0.1, -0.05) is 61.3 Å². The van der Waals surface area contributed by atoms with Crippen LogP contribution in [0.25, 0.3) is 0 Å². The zero-order chi connectivity index (χ0) is 30.0. The van der Waals surface area contributed by atoms with E-state index < -0.39 is 28.5 Å². The minimum atomic E-state index is -4.17. The van der Waals surface area contributed by atoms with Gasteiger partial charge in [0.2, 0.25) is 11.8 Å². The van der Waals surface area contributed by atoms with E-state index in [4.69, 9.17) is 27.9 Å². The molecule has 0 aromatic heterocycles. The number of ether oxygens (including phenoxy) is 1. The topological polar surface area (TPSA) is 96.0 Å². The summed E-state index contributed by atoms with van der Waals surface area (Å²) in [4.78, 5) is 28.7. The Labute approximate surface area is 252 Å². The number of rotatable bonds is 14. The van der Waals surface area contributed by atoms with E-state index in [1.165, 1.54) is 17.0 Å². The molecule has 1 unspecified atom stereocenters. The standard InChI is InChI=1S/C30H35Cl2N3O5S/c1-4-19-33-30(37)28(5-2)34(20-25-26(31)13-10-14-27(25)32)29(36)21-35(22-15-17-23(18-16-22)40-6-3)41(38,39)24-11-8-7-9-12-24/h7-18,28H,4-6,19-21H2,1-3H3,(H,33,37). The molecule has 3 rings (SSSR count). The van der Waals surface area contributed by atoms with E-state index in [1.807, 2.05) is 13.8 Å². The Morgan fingerprint density at radius 2 is 1.54 bits per heavy atom. The molecule has 0 aliphatic heterocycles. The van der Waals surface area contributed by atoms with E-state index in [2.05, 4.69) is 5.32 Å². The van der Waals surface area contributed by atoms with Crippen molar-refractivity contribution in [1.29, 1.82) is 0 Å². The highest BCUT2D eigenvalue weighted by molar-refractivity contribution is 7.92. The highest BCUT2D eigenvalue weighted by Gasteiger charge is 2.34. The number of nitrogens with zero attached hydrogens (tertiary/aromatic N) is 2. The smallest absolute Gasteiger partial charge is 0.264 e. The molecule has 8 nitrogen and oxygen atoms in total. The summed E-state index contributed by atoms with van der Waals surface area (Å²) in [5.74, 6) is -0.370. The molecule has 2 amide bonds. The predicted molar refractivity (Wildman–Crippen MR) is 163 cm³/mol. The van der Waals surface area contributed by atoms with Crippen LogP contribution >= 0.6 is 23.2 Å². The molecule has 0 saturated heterocycles. The Hall–Kier alpha value is -3.27. The van der Waals surface area contributed by atoms with Gasteiger partial charge in [0, 0.05) is 28.7 Å². The third-order valence-electron chi connectivity index (χ3n) is 6.37. The number of sulfonamides is 1. The molecular formula is C30H35Cl2N3O5S. The monoisotopic (exact) mass is 619 g/mol. The number of halogens is 2. The number of hydrogen-bond donors (Lipinski definition) is 1. The first-order valence-electron chi connectivity index (χ1n) is 13.4. The lowest BCUT2D eigenvalue weighted by molar-refractivity contribution is -0.140. The van der Waals surface area contributed by atoms with Crippen LogP contribution in [0.5, 0.6) is 5.75 Å². The van der Waals surface area contributed by atoms with Crippen molar-refractivity contribution in [2.45, 2.75) is 51.1 Å². The van der Waals surface area contributed by atoms with Crippen molar-refractivity contribution in [1.82, 2.24) is 10.2 Å². The molecule has 1 atom stereocenters. The summed E-state index contributed by atoms with van der Waals surface area (Å²) in [5, 5.41) is 3.51. The molecule has 1 N–H and O–H groups in total. The maximum absolute atomic E-state index is 14.1. The second-order valence-corrected chi connectivity index (χ2v) is 11.9. The Balaban J connectivity index is 2.08. The molecule has 0 aliphatic rings. The highest BCUT2D eigenvalue weighted by Crippen LogP contribution is 2.29. The summed E-state index contributed by atoms with van der Waals surface area (Å²) < 4.78 is 34.3. The first-order valence-corrected chi connectivity index (χ1v) is 15.6. The second kappa shape index (κ2) is 15.1. The van der Waals surface area contributed by atoms with Crippen LogP contribution in [0.2, 0.25) is 10.0 Å². The normalized spacial score (nSPS) is 11.9. The third-order valence-corrected chi connectivity index (χ3v) is 8.87. The molecule has 41 heavy (non-hydrogen) atoms. The van der Waals surface area contributed by atoms with Gasteiger partial charge in [-0.05, 0) is 68.3 Å². The van der Waals surface area contributed by atoms with Crippen LogP contribution in [0.3, 0.4) is 0 Å². The van der Waals surface area contributed by atoms with Crippen LogP contribution in [0.1, 0.15) is 39.2 Å². The third kappa shape index (κ3) is 8.15. The van der Waals surface area contributed by atoms with Crippen LogP contribution in [-0.2, 0) is 26.2 Å². The Morgan fingerprint density at radius 3 is 2.10 bits per heavy atom. The fourth-order valence-electron chi connectivity index (χ4n) is 4.26. The zero-order valence-electron chi connectivity index (χ0n) is 23.3. The number of anilines is 1. The molecule has 0 aliphatic carbocycles. The summed E-state index contributed by atoms with van der Waals surface area (Å²) in [6, 6.07) is 18.4. The van der Waals surface area contributed by atoms with Crippen LogP contribution in [0.4, 0.5) is 5.69 Å². The summed E-state index contributed by atoms with van der Waals surface area (Å²) in [6.07, 6.45) is 1.01. The van der Waals surface area contributed by atoms with E-state index in [-0.39, 0.29) is 29.5 Å². The molecule has 11 heteroatoms. The number of amides is 2. The molecule has 220 valence electrons. The molecule has 0 spiro atoms. The van der Waals surface area contributed by atoms with Gasteiger partial charge < -0.3 is 15.0 Å². The molecular weight excluding hydrogens is 585 g/mol. The highest BCUT2D eigenvalue weighted by atomic mass is 35.5. The molecule has 3 aromatic carbocycles. The van der Waals surface area contributed by atoms with Gasteiger partial charge in [0.25, 0.3) is 10.0 Å². The van der Waals surface area contributed by atoms with Crippen molar-refractivity contribution in [2.75, 3.05) is 24.0 Å². The summed E-state index contributed by atoms with van der Waals surface area (Å²) >= 11 is 12.9. The van der Waals surface area contributed by atoms with Gasteiger partial charge in [-0.2, -0.15) is 0 Å². The second-order valence-electron chi connectivity index (χ2n) is 9.19.